The molecule has 3 heteroatoms. The lowest BCUT2D eigenvalue weighted by atomic mass is 10.1. The summed E-state index contributed by atoms with van der Waals surface area (Å²) in [5.74, 6) is 1.63. The van der Waals surface area contributed by atoms with Gasteiger partial charge in [0.15, 0.2) is 0 Å². The highest BCUT2D eigenvalue weighted by molar-refractivity contribution is 5.48. The van der Waals surface area contributed by atoms with Gasteiger partial charge in [-0.05, 0) is 31.5 Å². The van der Waals surface area contributed by atoms with E-state index in [1.54, 1.807) is 0 Å². The molecule has 0 radical (unpaired) electrons. The van der Waals surface area contributed by atoms with Crippen LogP contribution in [0, 0.1) is 5.92 Å². The Labute approximate surface area is 105 Å². The van der Waals surface area contributed by atoms with Gasteiger partial charge in [-0.2, -0.15) is 0 Å². The maximum absolute atomic E-state index is 5.71. The topological polar surface area (TPSA) is 33.3 Å². The fraction of sp³-hybridized carbons (Fsp3) is 0.571. The van der Waals surface area contributed by atoms with E-state index in [2.05, 4.69) is 36.6 Å². The van der Waals surface area contributed by atoms with E-state index < -0.39 is 0 Å². The fourth-order valence-corrected chi connectivity index (χ4v) is 1.44. The molecule has 0 heterocycles. The molecule has 0 amide bonds. The average Bonchev–Trinajstić information content (AvgIpc) is 2.29. The van der Waals surface area contributed by atoms with E-state index in [-0.39, 0.29) is 0 Å². The molecule has 2 N–H and O–H groups in total. The highest BCUT2D eigenvalue weighted by Crippen LogP contribution is 2.17. The summed E-state index contributed by atoms with van der Waals surface area (Å²) in [5, 5.41) is 6.45. The van der Waals surface area contributed by atoms with Crippen molar-refractivity contribution in [2.75, 3.05) is 32.1 Å². The van der Waals surface area contributed by atoms with Gasteiger partial charge in [0.05, 0.1) is 6.61 Å². The van der Waals surface area contributed by atoms with Gasteiger partial charge in [-0.1, -0.05) is 19.9 Å². The minimum Gasteiger partial charge on any atom is -0.494 e. The molecule has 0 aliphatic rings. The van der Waals surface area contributed by atoms with Crippen LogP contribution in [0.4, 0.5) is 5.69 Å². The number of benzene rings is 1. The van der Waals surface area contributed by atoms with Gasteiger partial charge in [-0.25, -0.2) is 0 Å². The van der Waals surface area contributed by atoms with Crippen LogP contribution in [0.15, 0.2) is 24.3 Å². The Morgan fingerprint density at radius 3 is 2.76 bits per heavy atom. The van der Waals surface area contributed by atoms with Crippen molar-refractivity contribution >= 4 is 5.69 Å². The maximum atomic E-state index is 5.71. The van der Waals surface area contributed by atoms with Crippen molar-refractivity contribution in [1.82, 2.24) is 5.32 Å². The molecule has 1 aromatic carbocycles. The first-order valence-electron chi connectivity index (χ1n) is 6.33. The number of hydrogen-bond donors (Lipinski definition) is 2. The lowest BCUT2D eigenvalue weighted by molar-refractivity contribution is 0.289. The molecule has 1 rings (SSSR count). The van der Waals surface area contributed by atoms with Gasteiger partial charge >= 0.3 is 0 Å². The van der Waals surface area contributed by atoms with E-state index in [0.29, 0.717) is 5.92 Å². The summed E-state index contributed by atoms with van der Waals surface area (Å²) in [7, 11) is 1.95. The first kappa shape index (κ1) is 13.8. The van der Waals surface area contributed by atoms with Crippen LogP contribution in [0.3, 0.4) is 0 Å². The van der Waals surface area contributed by atoms with Crippen molar-refractivity contribution in [3.63, 3.8) is 0 Å². The summed E-state index contributed by atoms with van der Waals surface area (Å²) in [6.45, 7) is 7.08. The summed E-state index contributed by atoms with van der Waals surface area (Å²) >= 11 is 0. The summed E-state index contributed by atoms with van der Waals surface area (Å²) in [6.07, 6.45) is 1.09. The third-order valence-corrected chi connectivity index (χ3v) is 2.50. The molecule has 0 aromatic heterocycles. The van der Waals surface area contributed by atoms with Gasteiger partial charge in [0.2, 0.25) is 0 Å². The van der Waals surface area contributed by atoms with Crippen molar-refractivity contribution in [1.29, 1.82) is 0 Å². The minimum atomic E-state index is 0.687. The van der Waals surface area contributed by atoms with Crippen LogP contribution in [-0.2, 0) is 0 Å². The second-order valence-corrected chi connectivity index (χ2v) is 4.59. The van der Waals surface area contributed by atoms with Gasteiger partial charge < -0.3 is 15.4 Å². The van der Waals surface area contributed by atoms with Crippen LogP contribution < -0.4 is 15.4 Å². The Morgan fingerprint density at radius 1 is 1.24 bits per heavy atom. The van der Waals surface area contributed by atoms with Crippen LogP contribution in [0.2, 0.25) is 0 Å². The van der Waals surface area contributed by atoms with Gasteiger partial charge in [-0.3, -0.25) is 0 Å². The lowest BCUT2D eigenvalue weighted by Gasteiger charge is -2.10. The summed E-state index contributed by atoms with van der Waals surface area (Å²) in [5.41, 5.74) is 1.11. The van der Waals surface area contributed by atoms with Crippen LogP contribution in [0.5, 0.6) is 5.75 Å². The smallest absolute Gasteiger partial charge is 0.121 e. The molecule has 0 spiro atoms. The van der Waals surface area contributed by atoms with E-state index in [1.165, 1.54) is 0 Å². The van der Waals surface area contributed by atoms with Crippen LogP contribution in [0.25, 0.3) is 0 Å². The van der Waals surface area contributed by atoms with Crippen molar-refractivity contribution in [3.05, 3.63) is 24.3 Å². The summed E-state index contributed by atoms with van der Waals surface area (Å²) in [6, 6.07) is 8.14. The lowest BCUT2D eigenvalue weighted by Crippen LogP contribution is -2.17. The highest BCUT2D eigenvalue weighted by Gasteiger charge is 1.98. The van der Waals surface area contributed by atoms with E-state index in [0.717, 1.165) is 37.6 Å². The molecule has 0 aliphatic heterocycles. The quantitative estimate of drug-likeness (QED) is 0.681. The molecule has 96 valence electrons. The monoisotopic (exact) mass is 236 g/mol. The molecule has 0 atom stereocenters. The Balaban J connectivity index is 2.37. The summed E-state index contributed by atoms with van der Waals surface area (Å²) in [4.78, 5) is 0. The molecular formula is C14H24N2O. The number of hydrogen-bond acceptors (Lipinski definition) is 3. The van der Waals surface area contributed by atoms with Crippen molar-refractivity contribution in [3.8, 4) is 5.75 Å². The molecular weight excluding hydrogens is 212 g/mol. The minimum absolute atomic E-state index is 0.687. The van der Waals surface area contributed by atoms with E-state index in [9.17, 15) is 0 Å². The van der Waals surface area contributed by atoms with Crippen molar-refractivity contribution in [2.24, 2.45) is 5.92 Å². The van der Waals surface area contributed by atoms with Gasteiger partial charge in [-0.15, -0.1) is 0 Å². The molecule has 0 aliphatic carbocycles. The standard InChI is InChI=1S/C14H24N2O/c1-12(2)7-10-17-14-6-4-5-13(11-14)16-9-8-15-3/h4-6,11-12,15-16H,7-10H2,1-3H3. The Hall–Kier alpha value is -1.22. The van der Waals surface area contributed by atoms with E-state index in [1.807, 2.05) is 19.2 Å². The van der Waals surface area contributed by atoms with E-state index in [4.69, 9.17) is 4.74 Å². The number of likely N-dealkylation sites (N-methyl/N-ethyl adjacent to an activating group) is 1. The summed E-state index contributed by atoms with van der Waals surface area (Å²) < 4.78 is 5.71. The number of rotatable bonds is 8. The molecule has 0 saturated heterocycles. The molecule has 1 aromatic rings. The molecule has 0 bridgehead atoms. The average molecular weight is 236 g/mol. The third-order valence-electron chi connectivity index (χ3n) is 2.50. The Morgan fingerprint density at radius 2 is 2.06 bits per heavy atom. The van der Waals surface area contributed by atoms with Crippen LogP contribution in [-0.4, -0.2) is 26.7 Å². The first-order valence-corrected chi connectivity index (χ1v) is 6.33. The number of ether oxygens (including phenoxy) is 1. The zero-order valence-corrected chi connectivity index (χ0v) is 11.1. The second-order valence-electron chi connectivity index (χ2n) is 4.59. The highest BCUT2D eigenvalue weighted by atomic mass is 16.5. The van der Waals surface area contributed by atoms with Gasteiger partial charge in [0.1, 0.15) is 5.75 Å². The van der Waals surface area contributed by atoms with E-state index >= 15 is 0 Å². The molecule has 0 unspecified atom stereocenters. The molecule has 3 nitrogen and oxygen atoms in total. The van der Waals surface area contributed by atoms with Crippen LogP contribution in [0.1, 0.15) is 20.3 Å². The van der Waals surface area contributed by atoms with Gasteiger partial charge in [0.25, 0.3) is 0 Å². The first-order chi connectivity index (χ1) is 8.22. The zero-order valence-electron chi connectivity index (χ0n) is 11.1. The van der Waals surface area contributed by atoms with Crippen LogP contribution >= 0.6 is 0 Å². The Kier molecular flexibility index (Phi) is 6.48. The number of anilines is 1. The molecule has 17 heavy (non-hydrogen) atoms. The van der Waals surface area contributed by atoms with Crippen molar-refractivity contribution in [2.45, 2.75) is 20.3 Å². The second kappa shape index (κ2) is 7.96. The Bertz CT molecular complexity index is 313. The molecule has 0 saturated carbocycles. The molecule has 0 fully saturated rings. The SMILES string of the molecule is CNCCNc1cccc(OCCC(C)C)c1. The maximum Gasteiger partial charge on any atom is 0.121 e. The predicted molar refractivity (Wildman–Crippen MR) is 73.8 cm³/mol. The third kappa shape index (κ3) is 6.17. The normalized spacial score (nSPS) is 10.6. The predicted octanol–water partition coefficient (Wildman–Crippen LogP) is 2.74. The fourth-order valence-electron chi connectivity index (χ4n) is 1.44. The number of nitrogens with one attached hydrogen (secondary N) is 2. The largest absolute Gasteiger partial charge is 0.494 e. The van der Waals surface area contributed by atoms with Crippen molar-refractivity contribution < 1.29 is 4.74 Å². The van der Waals surface area contributed by atoms with Gasteiger partial charge in [0, 0.05) is 24.8 Å². The zero-order chi connectivity index (χ0) is 12.5.